The number of hydrogen-bond acceptors (Lipinski definition) is 4. The van der Waals surface area contributed by atoms with Crippen molar-refractivity contribution in [2.75, 3.05) is 24.6 Å². The van der Waals surface area contributed by atoms with Crippen LogP contribution in [-0.2, 0) is 11.3 Å². The first-order valence-corrected chi connectivity index (χ1v) is 6.76. The van der Waals surface area contributed by atoms with Crippen molar-refractivity contribution >= 4 is 17.3 Å². The van der Waals surface area contributed by atoms with E-state index in [1.807, 2.05) is 32.0 Å². The van der Waals surface area contributed by atoms with Gasteiger partial charge in [0.25, 0.3) is 0 Å². The number of aliphatic hydroxyl groups is 2. The second-order valence-electron chi connectivity index (χ2n) is 5.47. The van der Waals surface area contributed by atoms with Crippen LogP contribution in [0.3, 0.4) is 0 Å². The number of para-hydroxylation sites is 1. The molecule has 1 heterocycles. The SMILES string of the molecule is CC1(C)CN(c2c(Cl)cccc2CO)CC(CO)O1. The summed E-state index contributed by atoms with van der Waals surface area (Å²) in [6, 6.07) is 5.50. The number of halogens is 1. The highest BCUT2D eigenvalue weighted by molar-refractivity contribution is 6.33. The Bertz CT molecular complexity index is 450. The molecule has 1 saturated heterocycles. The molecule has 1 aromatic rings. The largest absolute Gasteiger partial charge is 0.394 e. The molecular formula is C14H20ClNO3. The fraction of sp³-hybridized carbons (Fsp3) is 0.571. The van der Waals surface area contributed by atoms with Crippen LogP contribution in [0.2, 0.25) is 5.02 Å². The first-order valence-electron chi connectivity index (χ1n) is 6.38. The van der Waals surface area contributed by atoms with Gasteiger partial charge < -0.3 is 19.8 Å². The van der Waals surface area contributed by atoms with Crippen LogP contribution in [-0.4, -0.2) is 41.6 Å². The lowest BCUT2D eigenvalue weighted by Gasteiger charge is -2.44. The topological polar surface area (TPSA) is 52.9 Å². The van der Waals surface area contributed by atoms with Crippen LogP contribution in [0.4, 0.5) is 5.69 Å². The molecule has 1 aromatic carbocycles. The number of hydrogen-bond donors (Lipinski definition) is 2. The van der Waals surface area contributed by atoms with Gasteiger partial charge in [0.1, 0.15) is 0 Å². The summed E-state index contributed by atoms with van der Waals surface area (Å²) in [5, 5.41) is 19.4. The summed E-state index contributed by atoms with van der Waals surface area (Å²) in [7, 11) is 0. The molecule has 0 bridgehead atoms. The molecule has 1 fully saturated rings. The van der Waals surface area contributed by atoms with Gasteiger partial charge in [0.05, 0.1) is 35.6 Å². The van der Waals surface area contributed by atoms with Crippen molar-refractivity contribution in [3.63, 3.8) is 0 Å². The molecule has 106 valence electrons. The molecule has 1 aliphatic heterocycles. The van der Waals surface area contributed by atoms with Crippen LogP contribution in [0.25, 0.3) is 0 Å². The van der Waals surface area contributed by atoms with E-state index in [1.165, 1.54) is 0 Å². The third-order valence-corrected chi connectivity index (χ3v) is 3.55. The highest BCUT2D eigenvalue weighted by Gasteiger charge is 2.34. The predicted molar refractivity (Wildman–Crippen MR) is 75.6 cm³/mol. The van der Waals surface area contributed by atoms with E-state index in [-0.39, 0.29) is 24.9 Å². The van der Waals surface area contributed by atoms with Crippen molar-refractivity contribution in [2.45, 2.75) is 32.2 Å². The fourth-order valence-corrected chi connectivity index (χ4v) is 2.92. The molecule has 2 rings (SSSR count). The van der Waals surface area contributed by atoms with E-state index in [4.69, 9.17) is 16.3 Å². The molecule has 1 aliphatic rings. The van der Waals surface area contributed by atoms with Gasteiger partial charge in [-0.1, -0.05) is 23.7 Å². The molecule has 0 spiro atoms. The second kappa shape index (κ2) is 5.67. The summed E-state index contributed by atoms with van der Waals surface area (Å²) >= 11 is 6.27. The zero-order valence-corrected chi connectivity index (χ0v) is 12.0. The van der Waals surface area contributed by atoms with Crippen LogP contribution in [0.1, 0.15) is 19.4 Å². The van der Waals surface area contributed by atoms with Gasteiger partial charge in [0, 0.05) is 18.7 Å². The predicted octanol–water partition coefficient (Wildman–Crippen LogP) is 1.81. The monoisotopic (exact) mass is 285 g/mol. The first kappa shape index (κ1) is 14.6. The van der Waals surface area contributed by atoms with Crippen LogP contribution in [0, 0.1) is 0 Å². The number of anilines is 1. The number of benzene rings is 1. The van der Waals surface area contributed by atoms with Gasteiger partial charge in [-0.3, -0.25) is 0 Å². The molecule has 0 radical (unpaired) electrons. The molecule has 4 nitrogen and oxygen atoms in total. The quantitative estimate of drug-likeness (QED) is 0.889. The minimum absolute atomic E-state index is 0.0289. The van der Waals surface area contributed by atoms with E-state index >= 15 is 0 Å². The van der Waals surface area contributed by atoms with Crippen molar-refractivity contribution in [3.05, 3.63) is 28.8 Å². The van der Waals surface area contributed by atoms with Crippen molar-refractivity contribution in [2.24, 2.45) is 0 Å². The van der Waals surface area contributed by atoms with Crippen molar-refractivity contribution in [1.82, 2.24) is 0 Å². The Kier molecular flexibility index (Phi) is 4.36. The normalized spacial score (nSPS) is 22.6. The average Bonchev–Trinajstić information content (AvgIpc) is 2.36. The van der Waals surface area contributed by atoms with Gasteiger partial charge in [-0.05, 0) is 19.9 Å². The highest BCUT2D eigenvalue weighted by Crippen LogP contribution is 2.34. The summed E-state index contributed by atoms with van der Waals surface area (Å²) in [5.41, 5.74) is 1.26. The lowest BCUT2D eigenvalue weighted by atomic mass is 10.0. The van der Waals surface area contributed by atoms with E-state index in [1.54, 1.807) is 0 Å². The maximum atomic E-state index is 9.46. The summed E-state index contributed by atoms with van der Waals surface area (Å²) in [6.45, 7) is 5.11. The average molecular weight is 286 g/mol. The fourth-order valence-electron chi connectivity index (χ4n) is 2.60. The molecule has 0 aromatic heterocycles. The van der Waals surface area contributed by atoms with E-state index in [2.05, 4.69) is 4.90 Å². The maximum absolute atomic E-state index is 9.46. The van der Waals surface area contributed by atoms with Gasteiger partial charge in [-0.2, -0.15) is 0 Å². The first-order chi connectivity index (χ1) is 8.96. The molecule has 0 aliphatic carbocycles. The summed E-state index contributed by atoms with van der Waals surface area (Å²) in [6.07, 6.45) is -0.244. The zero-order chi connectivity index (χ0) is 14.0. The third-order valence-electron chi connectivity index (χ3n) is 3.24. The van der Waals surface area contributed by atoms with Gasteiger partial charge in [-0.25, -0.2) is 0 Å². The lowest BCUT2D eigenvalue weighted by molar-refractivity contribution is -0.101. The van der Waals surface area contributed by atoms with E-state index in [9.17, 15) is 10.2 Å². The number of rotatable bonds is 3. The molecule has 0 amide bonds. The van der Waals surface area contributed by atoms with E-state index < -0.39 is 0 Å². The summed E-state index contributed by atoms with van der Waals surface area (Å²) < 4.78 is 5.79. The van der Waals surface area contributed by atoms with Gasteiger partial charge in [-0.15, -0.1) is 0 Å². The Balaban J connectivity index is 2.35. The molecule has 19 heavy (non-hydrogen) atoms. The van der Waals surface area contributed by atoms with E-state index in [0.29, 0.717) is 18.1 Å². The van der Waals surface area contributed by atoms with E-state index in [0.717, 1.165) is 11.3 Å². The summed E-state index contributed by atoms with van der Waals surface area (Å²) in [4.78, 5) is 2.08. The Labute approximate surface area is 118 Å². The Morgan fingerprint density at radius 1 is 1.42 bits per heavy atom. The standard InChI is InChI=1S/C14H20ClNO3/c1-14(2)9-16(6-11(8-18)19-14)13-10(7-17)4-3-5-12(13)15/h3-5,11,17-18H,6-9H2,1-2H3. The highest BCUT2D eigenvalue weighted by atomic mass is 35.5. The van der Waals surface area contributed by atoms with Crippen LogP contribution in [0.5, 0.6) is 0 Å². The van der Waals surface area contributed by atoms with Crippen LogP contribution < -0.4 is 4.90 Å². The maximum Gasteiger partial charge on any atom is 0.0988 e. The third kappa shape index (κ3) is 3.20. The van der Waals surface area contributed by atoms with Gasteiger partial charge in [0.15, 0.2) is 0 Å². The van der Waals surface area contributed by atoms with Crippen LogP contribution in [0.15, 0.2) is 18.2 Å². The number of aliphatic hydroxyl groups excluding tert-OH is 2. The number of morpholine rings is 1. The van der Waals surface area contributed by atoms with Crippen molar-refractivity contribution < 1.29 is 14.9 Å². The molecular weight excluding hydrogens is 266 g/mol. The molecule has 5 heteroatoms. The van der Waals surface area contributed by atoms with Crippen molar-refractivity contribution in [3.8, 4) is 0 Å². The zero-order valence-electron chi connectivity index (χ0n) is 11.3. The van der Waals surface area contributed by atoms with Crippen molar-refractivity contribution in [1.29, 1.82) is 0 Å². The second-order valence-corrected chi connectivity index (χ2v) is 5.88. The molecule has 1 unspecified atom stereocenters. The number of nitrogens with zero attached hydrogens (tertiary/aromatic N) is 1. The Hall–Kier alpha value is -0.810. The minimum Gasteiger partial charge on any atom is -0.394 e. The van der Waals surface area contributed by atoms with Gasteiger partial charge in [0.2, 0.25) is 0 Å². The summed E-state index contributed by atoms with van der Waals surface area (Å²) in [5.74, 6) is 0. The molecule has 1 atom stereocenters. The molecule has 0 saturated carbocycles. The smallest absolute Gasteiger partial charge is 0.0988 e. The minimum atomic E-state index is -0.364. The lowest BCUT2D eigenvalue weighted by Crippen LogP contribution is -2.54. The Morgan fingerprint density at radius 2 is 2.16 bits per heavy atom. The van der Waals surface area contributed by atoms with Crippen LogP contribution >= 0.6 is 11.6 Å². The van der Waals surface area contributed by atoms with Gasteiger partial charge >= 0.3 is 0 Å². The Morgan fingerprint density at radius 3 is 2.79 bits per heavy atom. The molecule has 2 N–H and O–H groups in total. The number of ether oxygens (including phenoxy) is 1.